The lowest BCUT2D eigenvalue weighted by atomic mass is 10.1. The number of aromatic nitrogens is 1. The number of benzene rings is 1. The van der Waals surface area contributed by atoms with Crippen molar-refractivity contribution in [1.82, 2.24) is 15.6 Å². The molecule has 146 valence electrons. The van der Waals surface area contributed by atoms with E-state index in [9.17, 15) is 0 Å². The van der Waals surface area contributed by atoms with Crippen LogP contribution in [0, 0.1) is 13.8 Å². The van der Waals surface area contributed by atoms with E-state index in [1.165, 1.54) is 16.7 Å². The Labute approximate surface area is 162 Å². The van der Waals surface area contributed by atoms with E-state index in [-0.39, 0.29) is 0 Å². The summed E-state index contributed by atoms with van der Waals surface area (Å²) in [5, 5.41) is 6.68. The number of aryl methyl sites for hydroxylation is 2. The van der Waals surface area contributed by atoms with Crippen LogP contribution in [-0.2, 0) is 17.8 Å². The van der Waals surface area contributed by atoms with Crippen LogP contribution in [0.1, 0.15) is 29.2 Å². The second-order valence-electron chi connectivity index (χ2n) is 6.29. The van der Waals surface area contributed by atoms with E-state index in [2.05, 4.69) is 59.6 Å². The molecule has 0 aliphatic heterocycles. The summed E-state index contributed by atoms with van der Waals surface area (Å²) in [5.74, 6) is 1.37. The van der Waals surface area contributed by atoms with Crippen molar-refractivity contribution in [3.05, 3.63) is 58.8 Å². The van der Waals surface area contributed by atoms with Crippen molar-refractivity contribution in [2.45, 2.75) is 33.9 Å². The van der Waals surface area contributed by atoms with Gasteiger partial charge >= 0.3 is 0 Å². The van der Waals surface area contributed by atoms with Gasteiger partial charge in [-0.1, -0.05) is 29.8 Å². The molecule has 0 aliphatic carbocycles. The minimum absolute atomic E-state index is 0.468. The van der Waals surface area contributed by atoms with Crippen LogP contribution < -0.4 is 15.4 Å². The molecule has 0 radical (unpaired) electrons. The quantitative estimate of drug-likeness (QED) is 0.403. The van der Waals surface area contributed by atoms with E-state index in [4.69, 9.17) is 9.47 Å². The second-order valence-corrected chi connectivity index (χ2v) is 6.29. The number of hydrogen-bond donors (Lipinski definition) is 2. The zero-order chi connectivity index (χ0) is 19.5. The smallest absolute Gasteiger partial charge is 0.218 e. The average molecular weight is 370 g/mol. The second kappa shape index (κ2) is 11.2. The molecule has 0 aliphatic rings. The van der Waals surface area contributed by atoms with Gasteiger partial charge in [0.05, 0.1) is 13.2 Å². The number of guanidine groups is 1. The molecule has 6 heteroatoms. The van der Waals surface area contributed by atoms with Gasteiger partial charge in [-0.05, 0) is 38.0 Å². The van der Waals surface area contributed by atoms with Gasteiger partial charge in [0, 0.05) is 32.0 Å². The largest absolute Gasteiger partial charge is 0.475 e. The third kappa shape index (κ3) is 6.90. The molecule has 1 heterocycles. The van der Waals surface area contributed by atoms with Crippen LogP contribution in [0.4, 0.5) is 0 Å². The van der Waals surface area contributed by atoms with Gasteiger partial charge in [0.1, 0.15) is 6.61 Å². The first-order chi connectivity index (χ1) is 13.1. The SMILES string of the molecule is CCNC(=NCc1cccnc1OCCOC)NCc1ccc(C)cc1C. The summed E-state index contributed by atoms with van der Waals surface area (Å²) >= 11 is 0. The molecule has 1 aromatic heterocycles. The molecule has 0 saturated carbocycles. The van der Waals surface area contributed by atoms with Crippen molar-refractivity contribution < 1.29 is 9.47 Å². The van der Waals surface area contributed by atoms with Crippen LogP contribution in [0.3, 0.4) is 0 Å². The zero-order valence-electron chi connectivity index (χ0n) is 16.7. The lowest BCUT2D eigenvalue weighted by Gasteiger charge is -2.14. The third-order valence-electron chi connectivity index (χ3n) is 4.07. The Morgan fingerprint density at radius 1 is 1.11 bits per heavy atom. The number of aliphatic imine (C=N–C) groups is 1. The van der Waals surface area contributed by atoms with E-state index in [0.29, 0.717) is 25.6 Å². The minimum Gasteiger partial charge on any atom is -0.475 e. The predicted molar refractivity (Wildman–Crippen MR) is 109 cm³/mol. The molecule has 1 aromatic carbocycles. The van der Waals surface area contributed by atoms with E-state index >= 15 is 0 Å². The maximum Gasteiger partial charge on any atom is 0.218 e. The van der Waals surface area contributed by atoms with Gasteiger partial charge in [0.25, 0.3) is 0 Å². The molecule has 2 N–H and O–H groups in total. The number of nitrogens with one attached hydrogen (secondary N) is 2. The van der Waals surface area contributed by atoms with E-state index in [0.717, 1.165) is 24.6 Å². The highest BCUT2D eigenvalue weighted by atomic mass is 16.5. The molecular weight excluding hydrogens is 340 g/mol. The van der Waals surface area contributed by atoms with Crippen molar-refractivity contribution in [3.63, 3.8) is 0 Å². The van der Waals surface area contributed by atoms with E-state index < -0.39 is 0 Å². The Balaban J connectivity index is 2.02. The molecule has 6 nitrogen and oxygen atoms in total. The highest BCUT2D eigenvalue weighted by Crippen LogP contribution is 2.15. The Morgan fingerprint density at radius 2 is 1.96 bits per heavy atom. The van der Waals surface area contributed by atoms with Gasteiger partial charge in [0.2, 0.25) is 5.88 Å². The van der Waals surface area contributed by atoms with Gasteiger partial charge in [-0.15, -0.1) is 0 Å². The van der Waals surface area contributed by atoms with Crippen LogP contribution in [0.15, 0.2) is 41.5 Å². The van der Waals surface area contributed by atoms with Crippen LogP contribution in [0.25, 0.3) is 0 Å². The first-order valence-electron chi connectivity index (χ1n) is 9.28. The summed E-state index contributed by atoms with van der Waals surface area (Å²) in [4.78, 5) is 8.98. The lowest BCUT2D eigenvalue weighted by Crippen LogP contribution is -2.37. The summed E-state index contributed by atoms with van der Waals surface area (Å²) in [6.45, 7) is 9.29. The lowest BCUT2D eigenvalue weighted by molar-refractivity contribution is 0.143. The normalized spacial score (nSPS) is 11.3. The monoisotopic (exact) mass is 370 g/mol. The summed E-state index contributed by atoms with van der Waals surface area (Å²) in [5.41, 5.74) is 4.75. The summed E-state index contributed by atoms with van der Waals surface area (Å²) < 4.78 is 10.7. The van der Waals surface area contributed by atoms with Crippen LogP contribution in [0.5, 0.6) is 5.88 Å². The Hall–Kier alpha value is -2.60. The number of nitrogens with zero attached hydrogens (tertiary/aromatic N) is 2. The number of rotatable bonds is 9. The van der Waals surface area contributed by atoms with Gasteiger partial charge in [-0.3, -0.25) is 0 Å². The first kappa shape index (κ1) is 20.7. The van der Waals surface area contributed by atoms with Crippen LogP contribution >= 0.6 is 0 Å². The Kier molecular flexibility index (Phi) is 8.58. The number of hydrogen-bond acceptors (Lipinski definition) is 4. The number of methoxy groups -OCH3 is 1. The zero-order valence-corrected chi connectivity index (χ0v) is 16.7. The van der Waals surface area contributed by atoms with E-state index in [1.807, 2.05) is 12.1 Å². The molecule has 0 amide bonds. The maximum absolute atomic E-state index is 5.68. The van der Waals surface area contributed by atoms with Gasteiger partial charge < -0.3 is 20.1 Å². The fourth-order valence-electron chi connectivity index (χ4n) is 2.63. The van der Waals surface area contributed by atoms with Crippen molar-refractivity contribution in [1.29, 1.82) is 0 Å². The maximum atomic E-state index is 5.68. The molecule has 0 atom stereocenters. The van der Waals surface area contributed by atoms with Crippen molar-refractivity contribution >= 4 is 5.96 Å². The highest BCUT2D eigenvalue weighted by molar-refractivity contribution is 5.79. The molecule has 0 fully saturated rings. The average Bonchev–Trinajstić information content (AvgIpc) is 2.66. The van der Waals surface area contributed by atoms with E-state index in [1.54, 1.807) is 13.3 Å². The molecule has 0 bridgehead atoms. The summed E-state index contributed by atoms with van der Waals surface area (Å²) in [7, 11) is 1.65. The van der Waals surface area contributed by atoms with Gasteiger partial charge in [-0.25, -0.2) is 9.98 Å². The first-order valence-corrected chi connectivity index (χ1v) is 9.28. The standard InChI is InChI=1S/C21H30N4O2/c1-5-22-21(24-14-18-9-8-16(2)13-17(18)3)25-15-19-7-6-10-23-20(19)27-12-11-26-4/h6-10,13H,5,11-12,14-15H2,1-4H3,(H2,22,24,25). The Bertz CT molecular complexity index is 747. The fourth-order valence-corrected chi connectivity index (χ4v) is 2.63. The summed E-state index contributed by atoms with van der Waals surface area (Å²) in [6.07, 6.45) is 1.72. The predicted octanol–water partition coefficient (Wildman–Crippen LogP) is 2.98. The topological polar surface area (TPSA) is 67.8 Å². The molecule has 0 spiro atoms. The molecule has 0 saturated heterocycles. The van der Waals surface area contributed by atoms with Crippen molar-refractivity contribution in [2.24, 2.45) is 4.99 Å². The molecule has 0 unspecified atom stereocenters. The highest BCUT2D eigenvalue weighted by Gasteiger charge is 2.06. The Morgan fingerprint density at radius 3 is 2.70 bits per heavy atom. The third-order valence-corrected chi connectivity index (χ3v) is 4.07. The van der Waals surface area contributed by atoms with Gasteiger partial charge in [0.15, 0.2) is 5.96 Å². The van der Waals surface area contributed by atoms with Gasteiger partial charge in [-0.2, -0.15) is 0 Å². The summed E-state index contributed by atoms with van der Waals surface area (Å²) in [6, 6.07) is 10.4. The minimum atomic E-state index is 0.468. The molecule has 2 aromatic rings. The van der Waals surface area contributed by atoms with Crippen molar-refractivity contribution in [3.8, 4) is 5.88 Å². The number of ether oxygens (including phenoxy) is 2. The molecule has 27 heavy (non-hydrogen) atoms. The molecule has 2 rings (SSSR count). The van der Waals surface area contributed by atoms with Crippen LogP contribution in [0.2, 0.25) is 0 Å². The fraction of sp³-hybridized carbons (Fsp3) is 0.429. The number of pyridine rings is 1. The van der Waals surface area contributed by atoms with Crippen LogP contribution in [-0.4, -0.2) is 37.8 Å². The molecular formula is C21H30N4O2. The van der Waals surface area contributed by atoms with Crippen molar-refractivity contribution in [2.75, 3.05) is 26.9 Å².